The number of amides is 2. The zero-order valence-electron chi connectivity index (χ0n) is 16.0. The molecule has 0 rings (SSSR count). The molecular formula is C17H34N2O4S2. The quantitative estimate of drug-likeness (QED) is 0.310. The maximum Gasteiger partial charge on any atom is 0.222 e. The number of ether oxygens (including phenoxy) is 2. The SMILES string of the molecule is CCCNC(=O)CCOCCOCCNC(=O)CCC(C)(C)SSC. The van der Waals surface area contributed by atoms with Gasteiger partial charge in [0, 0.05) is 30.7 Å². The van der Waals surface area contributed by atoms with Crippen molar-refractivity contribution in [2.45, 2.75) is 51.2 Å². The van der Waals surface area contributed by atoms with Gasteiger partial charge in [-0.3, -0.25) is 9.59 Å². The van der Waals surface area contributed by atoms with E-state index in [1.807, 2.05) is 6.92 Å². The van der Waals surface area contributed by atoms with Crippen molar-refractivity contribution in [2.24, 2.45) is 0 Å². The van der Waals surface area contributed by atoms with Gasteiger partial charge in [0.15, 0.2) is 0 Å². The number of carbonyl (C=O) groups excluding carboxylic acids is 2. The Labute approximate surface area is 160 Å². The summed E-state index contributed by atoms with van der Waals surface area (Å²) >= 11 is 0. The molecular weight excluding hydrogens is 360 g/mol. The third kappa shape index (κ3) is 16.8. The van der Waals surface area contributed by atoms with Crippen molar-refractivity contribution in [1.29, 1.82) is 0 Å². The fourth-order valence-corrected chi connectivity index (χ4v) is 4.11. The Kier molecular flexibility index (Phi) is 15.5. The molecule has 0 aromatic rings. The predicted octanol–water partition coefficient (Wildman–Crippen LogP) is 2.62. The summed E-state index contributed by atoms with van der Waals surface area (Å²) in [5.41, 5.74) is 0. The van der Waals surface area contributed by atoms with Gasteiger partial charge in [-0.15, -0.1) is 0 Å². The summed E-state index contributed by atoms with van der Waals surface area (Å²) < 4.78 is 10.8. The first-order valence-corrected chi connectivity index (χ1v) is 11.4. The van der Waals surface area contributed by atoms with Crippen LogP contribution in [0.2, 0.25) is 0 Å². The summed E-state index contributed by atoms with van der Waals surface area (Å²) in [5.74, 6) is 0.0808. The van der Waals surface area contributed by atoms with Crippen LogP contribution < -0.4 is 10.6 Å². The second-order valence-corrected chi connectivity index (χ2v) is 9.29. The predicted molar refractivity (Wildman–Crippen MR) is 107 cm³/mol. The van der Waals surface area contributed by atoms with Crippen LogP contribution in [0.5, 0.6) is 0 Å². The van der Waals surface area contributed by atoms with Gasteiger partial charge < -0.3 is 20.1 Å². The van der Waals surface area contributed by atoms with Crippen molar-refractivity contribution in [3.05, 3.63) is 0 Å². The summed E-state index contributed by atoms with van der Waals surface area (Å²) in [6.07, 6.45) is 4.75. The van der Waals surface area contributed by atoms with Crippen molar-refractivity contribution >= 4 is 33.4 Å². The Bertz CT molecular complexity index is 369. The molecule has 0 aromatic heterocycles. The lowest BCUT2D eigenvalue weighted by Crippen LogP contribution is -2.29. The molecule has 0 spiro atoms. The second-order valence-electron chi connectivity index (χ2n) is 6.18. The first-order valence-electron chi connectivity index (χ1n) is 8.82. The Morgan fingerprint density at radius 3 is 2.16 bits per heavy atom. The van der Waals surface area contributed by atoms with Crippen LogP contribution in [0.1, 0.15) is 46.5 Å². The number of hydrogen-bond donors (Lipinski definition) is 2. The molecule has 2 amide bonds. The number of carbonyl (C=O) groups is 2. The largest absolute Gasteiger partial charge is 0.379 e. The minimum absolute atomic E-state index is 0.0181. The van der Waals surface area contributed by atoms with Crippen LogP contribution >= 0.6 is 21.6 Å². The van der Waals surface area contributed by atoms with E-state index in [1.165, 1.54) is 0 Å². The molecule has 0 aliphatic rings. The third-order valence-electron chi connectivity index (χ3n) is 3.25. The lowest BCUT2D eigenvalue weighted by Gasteiger charge is -2.21. The zero-order chi connectivity index (χ0) is 19.0. The topological polar surface area (TPSA) is 76.7 Å². The van der Waals surface area contributed by atoms with E-state index in [4.69, 9.17) is 9.47 Å². The lowest BCUT2D eigenvalue weighted by molar-refractivity contribution is -0.122. The zero-order valence-corrected chi connectivity index (χ0v) is 17.7. The van der Waals surface area contributed by atoms with Gasteiger partial charge in [0.2, 0.25) is 11.8 Å². The highest BCUT2D eigenvalue weighted by atomic mass is 33.1. The van der Waals surface area contributed by atoms with Crippen LogP contribution in [0.15, 0.2) is 0 Å². The van der Waals surface area contributed by atoms with E-state index in [-0.39, 0.29) is 16.6 Å². The van der Waals surface area contributed by atoms with Gasteiger partial charge in [-0.05, 0) is 32.9 Å². The molecule has 6 nitrogen and oxygen atoms in total. The molecule has 0 atom stereocenters. The van der Waals surface area contributed by atoms with E-state index < -0.39 is 0 Å². The van der Waals surface area contributed by atoms with Gasteiger partial charge >= 0.3 is 0 Å². The summed E-state index contributed by atoms with van der Waals surface area (Å²) in [4.78, 5) is 23.1. The molecule has 0 bridgehead atoms. The fourth-order valence-electron chi connectivity index (χ4n) is 1.87. The average Bonchev–Trinajstić information content (AvgIpc) is 2.56. The molecule has 0 saturated heterocycles. The van der Waals surface area contributed by atoms with Gasteiger partial charge in [0.25, 0.3) is 0 Å². The highest BCUT2D eigenvalue weighted by molar-refractivity contribution is 8.76. The molecule has 2 N–H and O–H groups in total. The Hall–Kier alpha value is -0.440. The van der Waals surface area contributed by atoms with E-state index in [1.54, 1.807) is 21.6 Å². The number of rotatable bonds is 16. The molecule has 0 fully saturated rings. The van der Waals surface area contributed by atoms with Crippen LogP contribution in [-0.2, 0) is 19.1 Å². The molecule has 0 saturated carbocycles. The first-order chi connectivity index (χ1) is 11.9. The first kappa shape index (κ1) is 24.6. The Morgan fingerprint density at radius 2 is 1.52 bits per heavy atom. The summed E-state index contributed by atoms with van der Waals surface area (Å²) in [6.45, 7) is 9.32. The second kappa shape index (κ2) is 15.8. The molecule has 0 heterocycles. The van der Waals surface area contributed by atoms with Crippen LogP contribution in [-0.4, -0.2) is 62.3 Å². The summed E-state index contributed by atoms with van der Waals surface area (Å²) in [7, 11) is 3.52. The smallest absolute Gasteiger partial charge is 0.222 e. The monoisotopic (exact) mass is 394 g/mol. The van der Waals surface area contributed by atoms with Crippen molar-refractivity contribution in [2.75, 3.05) is 45.8 Å². The Balaban J connectivity index is 3.40. The van der Waals surface area contributed by atoms with Gasteiger partial charge in [0.05, 0.1) is 26.4 Å². The Morgan fingerprint density at radius 1 is 0.920 bits per heavy atom. The van der Waals surface area contributed by atoms with Crippen molar-refractivity contribution in [3.63, 3.8) is 0 Å². The highest BCUT2D eigenvalue weighted by Gasteiger charge is 2.19. The molecule has 0 unspecified atom stereocenters. The van der Waals surface area contributed by atoms with E-state index in [9.17, 15) is 9.59 Å². The molecule has 0 aromatic carbocycles. The number of nitrogens with one attached hydrogen (secondary N) is 2. The molecule has 25 heavy (non-hydrogen) atoms. The molecule has 148 valence electrons. The molecule has 0 aliphatic carbocycles. The van der Waals surface area contributed by atoms with Crippen molar-refractivity contribution in [3.8, 4) is 0 Å². The van der Waals surface area contributed by atoms with Crippen molar-refractivity contribution in [1.82, 2.24) is 10.6 Å². The standard InChI is InChI=1S/C17H34N2O4S2/c1-5-9-18-16(21)7-11-22-13-14-23-12-10-19-15(20)6-8-17(2,3)25-24-4/h5-14H2,1-4H3,(H,18,21)(H,19,20). The van der Waals surface area contributed by atoms with E-state index >= 15 is 0 Å². The molecule has 0 radical (unpaired) electrons. The molecule has 0 aliphatic heterocycles. The molecule has 8 heteroatoms. The minimum atomic E-state index is 0.0181. The van der Waals surface area contributed by atoms with Crippen LogP contribution in [0, 0.1) is 0 Å². The van der Waals surface area contributed by atoms with Gasteiger partial charge in [0.1, 0.15) is 0 Å². The van der Waals surface area contributed by atoms with E-state index in [2.05, 4.69) is 30.7 Å². The average molecular weight is 395 g/mol. The van der Waals surface area contributed by atoms with E-state index in [0.717, 1.165) is 12.8 Å². The maximum absolute atomic E-state index is 11.8. The maximum atomic E-state index is 11.8. The van der Waals surface area contributed by atoms with E-state index in [0.29, 0.717) is 52.4 Å². The summed E-state index contributed by atoms with van der Waals surface area (Å²) in [6, 6.07) is 0. The highest BCUT2D eigenvalue weighted by Crippen LogP contribution is 2.36. The summed E-state index contributed by atoms with van der Waals surface area (Å²) in [5, 5.41) is 5.66. The minimum Gasteiger partial charge on any atom is -0.379 e. The van der Waals surface area contributed by atoms with Crippen LogP contribution in [0.4, 0.5) is 0 Å². The van der Waals surface area contributed by atoms with Crippen LogP contribution in [0.25, 0.3) is 0 Å². The lowest BCUT2D eigenvalue weighted by atomic mass is 10.1. The normalized spacial score (nSPS) is 11.4. The van der Waals surface area contributed by atoms with Gasteiger partial charge in [-0.2, -0.15) is 0 Å². The van der Waals surface area contributed by atoms with Crippen molar-refractivity contribution < 1.29 is 19.1 Å². The van der Waals surface area contributed by atoms with Gasteiger partial charge in [-0.1, -0.05) is 28.5 Å². The number of hydrogen-bond acceptors (Lipinski definition) is 6. The third-order valence-corrected chi connectivity index (χ3v) is 5.92. The van der Waals surface area contributed by atoms with Gasteiger partial charge in [-0.25, -0.2) is 0 Å². The van der Waals surface area contributed by atoms with Crippen LogP contribution in [0.3, 0.4) is 0 Å². The fraction of sp³-hybridized carbons (Fsp3) is 0.882.